The quantitative estimate of drug-likeness (QED) is 0.650. The summed E-state index contributed by atoms with van der Waals surface area (Å²) >= 11 is 0. The molecule has 3 heteroatoms. The zero-order valence-corrected chi connectivity index (χ0v) is 9.08. The van der Waals surface area contributed by atoms with E-state index in [0.29, 0.717) is 0 Å². The van der Waals surface area contributed by atoms with Gasteiger partial charge in [-0.2, -0.15) is 0 Å². The summed E-state index contributed by atoms with van der Waals surface area (Å²) < 4.78 is 0. The molecule has 0 aromatic rings. The second-order valence-corrected chi connectivity index (χ2v) is 4.95. The zero-order valence-electron chi connectivity index (χ0n) is 9.08. The van der Waals surface area contributed by atoms with Crippen molar-refractivity contribution in [3.05, 3.63) is 0 Å². The number of aliphatic hydroxyl groups is 1. The molecule has 1 aliphatic heterocycles. The first-order chi connectivity index (χ1) is 6.74. The molecular weight excluding hydrogens is 176 g/mol. The van der Waals surface area contributed by atoms with Crippen LogP contribution in [0.2, 0.25) is 0 Å². The van der Waals surface area contributed by atoms with E-state index in [0.717, 1.165) is 18.5 Å². The molecule has 1 saturated heterocycles. The van der Waals surface area contributed by atoms with Gasteiger partial charge in [0.15, 0.2) is 0 Å². The van der Waals surface area contributed by atoms with E-state index < -0.39 is 0 Å². The minimum atomic E-state index is -0.166. The molecule has 2 N–H and O–H groups in total. The van der Waals surface area contributed by atoms with Crippen LogP contribution in [0, 0.1) is 5.92 Å². The fourth-order valence-corrected chi connectivity index (χ4v) is 2.16. The molecule has 1 aliphatic carbocycles. The summed E-state index contributed by atoms with van der Waals surface area (Å²) in [6, 6.07) is 0.851. The van der Waals surface area contributed by atoms with Gasteiger partial charge in [-0.05, 0) is 38.6 Å². The lowest BCUT2D eigenvalue weighted by molar-refractivity contribution is 0.0440. The zero-order chi connectivity index (χ0) is 9.97. The van der Waals surface area contributed by atoms with E-state index in [-0.39, 0.29) is 6.10 Å². The van der Waals surface area contributed by atoms with E-state index in [4.69, 9.17) is 0 Å². The van der Waals surface area contributed by atoms with Crippen LogP contribution in [-0.2, 0) is 0 Å². The molecule has 82 valence electrons. The molecule has 1 heterocycles. The van der Waals surface area contributed by atoms with Gasteiger partial charge in [-0.15, -0.1) is 0 Å². The van der Waals surface area contributed by atoms with Crippen molar-refractivity contribution in [1.82, 2.24) is 10.2 Å². The van der Waals surface area contributed by atoms with E-state index in [9.17, 15) is 5.11 Å². The number of nitrogens with one attached hydrogen (secondary N) is 1. The van der Waals surface area contributed by atoms with Crippen LogP contribution < -0.4 is 5.32 Å². The van der Waals surface area contributed by atoms with Crippen molar-refractivity contribution in [3.8, 4) is 0 Å². The highest BCUT2D eigenvalue weighted by atomic mass is 16.3. The van der Waals surface area contributed by atoms with Crippen LogP contribution in [0.5, 0.6) is 0 Å². The van der Waals surface area contributed by atoms with Crippen LogP contribution in [0.1, 0.15) is 26.2 Å². The van der Waals surface area contributed by atoms with Gasteiger partial charge in [0.05, 0.1) is 6.10 Å². The van der Waals surface area contributed by atoms with E-state index >= 15 is 0 Å². The first kappa shape index (κ1) is 10.4. The van der Waals surface area contributed by atoms with E-state index in [1.807, 2.05) is 6.92 Å². The SMILES string of the molecule is CC(O)CN1CC(CCNC2CC2)C1. The third-order valence-electron chi connectivity index (χ3n) is 3.12. The third kappa shape index (κ3) is 3.23. The number of hydrogen-bond acceptors (Lipinski definition) is 3. The number of likely N-dealkylation sites (tertiary alicyclic amines) is 1. The Labute approximate surface area is 86.5 Å². The average molecular weight is 198 g/mol. The summed E-state index contributed by atoms with van der Waals surface area (Å²) in [5.41, 5.74) is 0. The molecule has 2 fully saturated rings. The van der Waals surface area contributed by atoms with Crippen LogP contribution in [0.15, 0.2) is 0 Å². The topological polar surface area (TPSA) is 35.5 Å². The summed E-state index contributed by atoms with van der Waals surface area (Å²) in [6.45, 7) is 6.29. The maximum absolute atomic E-state index is 9.18. The van der Waals surface area contributed by atoms with Gasteiger partial charge in [0.1, 0.15) is 0 Å². The summed E-state index contributed by atoms with van der Waals surface area (Å²) in [6.07, 6.45) is 3.92. The van der Waals surface area contributed by atoms with E-state index in [1.165, 1.54) is 38.9 Å². The highest BCUT2D eigenvalue weighted by Crippen LogP contribution is 2.21. The molecule has 0 aromatic heterocycles. The van der Waals surface area contributed by atoms with Crippen molar-refractivity contribution in [3.63, 3.8) is 0 Å². The minimum absolute atomic E-state index is 0.166. The van der Waals surface area contributed by atoms with Gasteiger partial charge in [0, 0.05) is 25.7 Å². The Kier molecular flexibility index (Phi) is 3.42. The Morgan fingerprint density at radius 2 is 2.14 bits per heavy atom. The maximum atomic E-state index is 9.18. The maximum Gasteiger partial charge on any atom is 0.0639 e. The summed E-state index contributed by atoms with van der Waals surface area (Å²) in [5, 5.41) is 12.7. The van der Waals surface area contributed by atoms with Gasteiger partial charge in [0.25, 0.3) is 0 Å². The van der Waals surface area contributed by atoms with Crippen LogP contribution in [0.25, 0.3) is 0 Å². The summed E-state index contributed by atoms with van der Waals surface area (Å²) in [4.78, 5) is 2.34. The minimum Gasteiger partial charge on any atom is -0.392 e. The Bertz CT molecular complexity index is 171. The molecule has 1 unspecified atom stereocenters. The molecule has 1 saturated carbocycles. The van der Waals surface area contributed by atoms with Crippen LogP contribution in [0.4, 0.5) is 0 Å². The average Bonchev–Trinajstić information content (AvgIpc) is 2.82. The van der Waals surface area contributed by atoms with Gasteiger partial charge < -0.3 is 15.3 Å². The molecule has 1 atom stereocenters. The van der Waals surface area contributed by atoms with E-state index in [1.54, 1.807) is 0 Å². The third-order valence-corrected chi connectivity index (χ3v) is 3.12. The first-order valence-corrected chi connectivity index (χ1v) is 5.88. The van der Waals surface area contributed by atoms with Crippen molar-refractivity contribution < 1.29 is 5.11 Å². The molecule has 0 bridgehead atoms. The monoisotopic (exact) mass is 198 g/mol. The van der Waals surface area contributed by atoms with Gasteiger partial charge in [0.2, 0.25) is 0 Å². The summed E-state index contributed by atoms with van der Waals surface area (Å²) in [5.74, 6) is 0.875. The second-order valence-electron chi connectivity index (χ2n) is 4.95. The highest BCUT2D eigenvalue weighted by molar-refractivity contribution is 4.84. The first-order valence-electron chi connectivity index (χ1n) is 5.88. The fraction of sp³-hybridized carbons (Fsp3) is 1.00. The van der Waals surface area contributed by atoms with Crippen molar-refractivity contribution in [2.24, 2.45) is 5.92 Å². The number of nitrogens with zero attached hydrogens (tertiary/aromatic N) is 1. The molecule has 2 aliphatic rings. The van der Waals surface area contributed by atoms with Crippen molar-refractivity contribution in [2.75, 3.05) is 26.2 Å². The number of hydrogen-bond donors (Lipinski definition) is 2. The number of β-amino-alcohol motifs (C(OH)–C–C–N with tert-alkyl or cyclic N) is 1. The molecule has 0 radical (unpaired) electrons. The Morgan fingerprint density at radius 3 is 2.71 bits per heavy atom. The standard InChI is InChI=1S/C11H22N2O/c1-9(14)6-13-7-10(8-13)4-5-12-11-2-3-11/h9-12,14H,2-8H2,1H3. The fourth-order valence-electron chi connectivity index (χ4n) is 2.16. The van der Waals surface area contributed by atoms with Gasteiger partial charge in [-0.25, -0.2) is 0 Å². The predicted octanol–water partition coefficient (Wildman–Crippen LogP) is 0.441. The van der Waals surface area contributed by atoms with Crippen LogP contribution in [0.3, 0.4) is 0 Å². The molecule has 3 nitrogen and oxygen atoms in total. The molecular formula is C11H22N2O. The van der Waals surface area contributed by atoms with E-state index in [2.05, 4.69) is 10.2 Å². The Morgan fingerprint density at radius 1 is 1.43 bits per heavy atom. The normalized spacial score (nSPS) is 26.1. The van der Waals surface area contributed by atoms with Crippen molar-refractivity contribution >= 4 is 0 Å². The molecule has 0 aromatic carbocycles. The lowest BCUT2D eigenvalue weighted by Gasteiger charge is -2.40. The van der Waals surface area contributed by atoms with Crippen LogP contribution in [-0.4, -0.2) is 48.3 Å². The van der Waals surface area contributed by atoms with Gasteiger partial charge >= 0.3 is 0 Å². The Balaban J connectivity index is 1.45. The van der Waals surface area contributed by atoms with Crippen LogP contribution >= 0.6 is 0 Å². The number of aliphatic hydroxyl groups excluding tert-OH is 1. The predicted molar refractivity (Wildman–Crippen MR) is 57.3 cm³/mol. The number of rotatable bonds is 6. The molecule has 0 amide bonds. The largest absolute Gasteiger partial charge is 0.392 e. The van der Waals surface area contributed by atoms with Crippen molar-refractivity contribution in [2.45, 2.75) is 38.3 Å². The van der Waals surface area contributed by atoms with Gasteiger partial charge in [-0.1, -0.05) is 0 Å². The molecule has 2 rings (SSSR count). The Hall–Kier alpha value is -0.120. The summed E-state index contributed by atoms with van der Waals surface area (Å²) in [7, 11) is 0. The van der Waals surface area contributed by atoms with Gasteiger partial charge in [-0.3, -0.25) is 0 Å². The smallest absolute Gasteiger partial charge is 0.0639 e. The van der Waals surface area contributed by atoms with Crippen molar-refractivity contribution in [1.29, 1.82) is 0 Å². The molecule has 14 heavy (non-hydrogen) atoms. The highest BCUT2D eigenvalue weighted by Gasteiger charge is 2.27. The lowest BCUT2D eigenvalue weighted by Crippen LogP contribution is -2.49. The lowest BCUT2D eigenvalue weighted by atomic mass is 9.96. The second kappa shape index (κ2) is 4.60. The molecule has 0 spiro atoms.